The molecule has 2 nitrogen and oxygen atoms in total. The second-order valence-corrected chi connectivity index (χ2v) is 5.46. The molecule has 0 unspecified atom stereocenters. The first-order valence-corrected chi connectivity index (χ1v) is 7.37. The molecular weight excluding hydrogens is 256 g/mol. The van der Waals surface area contributed by atoms with Gasteiger partial charge in [0.2, 0.25) is 0 Å². The molecule has 0 fully saturated rings. The molecule has 0 heterocycles. The number of hydrogen-bond donors (Lipinski definition) is 1. The summed E-state index contributed by atoms with van der Waals surface area (Å²) in [6.07, 6.45) is 0. The van der Waals surface area contributed by atoms with Crippen molar-refractivity contribution in [3.05, 3.63) is 59.7 Å². The lowest BCUT2D eigenvalue weighted by atomic mass is 9.99. The van der Waals surface area contributed by atoms with E-state index in [1.54, 1.807) is 12.1 Å². The van der Waals surface area contributed by atoms with Gasteiger partial charge in [-0.25, -0.2) is 4.79 Å². The third-order valence-corrected chi connectivity index (χ3v) is 3.84. The van der Waals surface area contributed by atoms with Crippen molar-refractivity contribution in [1.82, 2.24) is 0 Å². The Morgan fingerprint density at radius 2 is 1.79 bits per heavy atom. The van der Waals surface area contributed by atoms with Gasteiger partial charge >= 0.3 is 5.97 Å². The van der Waals surface area contributed by atoms with E-state index in [9.17, 15) is 9.90 Å². The molecule has 19 heavy (non-hydrogen) atoms. The summed E-state index contributed by atoms with van der Waals surface area (Å²) < 4.78 is 0. The van der Waals surface area contributed by atoms with Gasteiger partial charge in [-0.3, -0.25) is 0 Å². The Kier molecular flexibility index (Phi) is 4.63. The average molecular weight is 272 g/mol. The number of carboxylic acids is 1. The van der Waals surface area contributed by atoms with Crippen LogP contribution in [0.15, 0.2) is 48.5 Å². The number of hydrogen-bond acceptors (Lipinski definition) is 2. The minimum Gasteiger partial charge on any atom is -0.478 e. The fourth-order valence-electron chi connectivity index (χ4n) is 1.92. The van der Waals surface area contributed by atoms with Gasteiger partial charge in [0.15, 0.2) is 0 Å². The number of carboxylic acid groups (broad SMARTS) is 1. The number of thioether (sulfide) groups is 1. The van der Waals surface area contributed by atoms with Crippen LogP contribution in [0.5, 0.6) is 0 Å². The predicted molar refractivity (Wildman–Crippen MR) is 80.7 cm³/mol. The van der Waals surface area contributed by atoms with Gasteiger partial charge in [0.1, 0.15) is 0 Å². The van der Waals surface area contributed by atoms with Crippen LogP contribution in [-0.4, -0.2) is 16.8 Å². The first kappa shape index (κ1) is 13.7. The van der Waals surface area contributed by atoms with Crippen molar-refractivity contribution in [2.45, 2.75) is 12.7 Å². The quantitative estimate of drug-likeness (QED) is 0.881. The lowest BCUT2D eigenvalue weighted by molar-refractivity contribution is 0.0697. The molecule has 0 atom stereocenters. The molecule has 0 spiro atoms. The molecule has 98 valence electrons. The molecule has 0 amide bonds. The highest BCUT2D eigenvalue weighted by atomic mass is 32.2. The van der Waals surface area contributed by atoms with Crippen molar-refractivity contribution in [2.24, 2.45) is 0 Å². The lowest BCUT2D eigenvalue weighted by Crippen LogP contribution is -1.98. The van der Waals surface area contributed by atoms with Crippen molar-refractivity contribution in [2.75, 3.05) is 5.75 Å². The van der Waals surface area contributed by atoms with Crippen molar-refractivity contribution < 1.29 is 9.90 Å². The molecule has 0 radical (unpaired) electrons. The number of aromatic carboxylic acids is 1. The van der Waals surface area contributed by atoms with Crippen molar-refractivity contribution in [3.63, 3.8) is 0 Å². The molecule has 2 aromatic rings. The van der Waals surface area contributed by atoms with E-state index in [-0.39, 0.29) is 0 Å². The van der Waals surface area contributed by atoms with Crippen molar-refractivity contribution in [1.29, 1.82) is 0 Å². The van der Waals surface area contributed by atoms with E-state index in [4.69, 9.17) is 0 Å². The van der Waals surface area contributed by atoms with Crippen LogP contribution >= 0.6 is 11.8 Å². The van der Waals surface area contributed by atoms with Crippen LogP contribution in [0.2, 0.25) is 0 Å². The zero-order valence-corrected chi connectivity index (χ0v) is 11.6. The standard InChI is InChI=1S/C16H16O2S/c1-2-19-11-12-7-9-13(10-8-12)14-5-3-4-6-15(14)16(17)18/h3-10H,2,11H2,1H3,(H,17,18). The maximum atomic E-state index is 11.2. The smallest absolute Gasteiger partial charge is 0.336 e. The molecular formula is C16H16O2S. The normalized spacial score (nSPS) is 10.4. The van der Waals surface area contributed by atoms with Gasteiger partial charge in [0, 0.05) is 5.75 Å². The summed E-state index contributed by atoms with van der Waals surface area (Å²) in [5, 5.41) is 9.19. The summed E-state index contributed by atoms with van der Waals surface area (Å²) >= 11 is 1.88. The van der Waals surface area contributed by atoms with Crippen LogP contribution in [0.25, 0.3) is 11.1 Å². The Morgan fingerprint density at radius 1 is 1.11 bits per heavy atom. The second kappa shape index (κ2) is 6.43. The van der Waals surface area contributed by atoms with Gasteiger partial charge in [0.05, 0.1) is 5.56 Å². The van der Waals surface area contributed by atoms with Gasteiger partial charge in [-0.1, -0.05) is 49.4 Å². The third-order valence-electron chi connectivity index (χ3n) is 2.90. The Hall–Kier alpha value is -1.74. The molecule has 0 aliphatic rings. The number of benzene rings is 2. The van der Waals surface area contributed by atoms with E-state index in [1.807, 2.05) is 36.0 Å². The monoisotopic (exact) mass is 272 g/mol. The van der Waals surface area contributed by atoms with Crippen LogP contribution in [0.4, 0.5) is 0 Å². The van der Waals surface area contributed by atoms with E-state index in [0.717, 1.165) is 22.6 Å². The molecule has 3 heteroatoms. The topological polar surface area (TPSA) is 37.3 Å². The minimum absolute atomic E-state index is 0.346. The molecule has 0 bridgehead atoms. The van der Waals surface area contributed by atoms with Gasteiger partial charge < -0.3 is 5.11 Å². The Bertz CT molecular complexity index is 561. The molecule has 0 saturated carbocycles. The van der Waals surface area contributed by atoms with E-state index in [1.165, 1.54) is 5.56 Å². The second-order valence-electron chi connectivity index (χ2n) is 4.18. The van der Waals surface area contributed by atoms with Gasteiger partial charge in [-0.15, -0.1) is 0 Å². The van der Waals surface area contributed by atoms with Crippen LogP contribution in [-0.2, 0) is 5.75 Å². The van der Waals surface area contributed by atoms with Crippen molar-refractivity contribution in [3.8, 4) is 11.1 Å². The molecule has 0 aliphatic heterocycles. The van der Waals surface area contributed by atoms with E-state index < -0.39 is 5.97 Å². The van der Waals surface area contributed by atoms with Crippen LogP contribution in [0.3, 0.4) is 0 Å². The molecule has 2 rings (SSSR count). The van der Waals surface area contributed by atoms with Crippen LogP contribution in [0, 0.1) is 0 Å². The maximum absolute atomic E-state index is 11.2. The van der Waals surface area contributed by atoms with E-state index in [2.05, 4.69) is 19.1 Å². The highest BCUT2D eigenvalue weighted by Gasteiger charge is 2.10. The van der Waals surface area contributed by atoms with Gasteiger partial charge in [-0.05, 0) is 28.5 Å². The highest BCUT2D eigenvalue weighted by Crippen LogP contribution is 2.25. The highest BCUT2D eigenvalue weighted by molar-refractivity contribution is 7.98. The van der Waals surface area contributed by atoms with Gasteiger partial charge in [0.25, 0.3) is 0 Å². The molecule has 2 aromatic carbocycles. The molecule has 0 aliphatic carbocycles. The summed E-state index contributed by atoms with van der Waals surface area (Å²) in [5.41, 5.74) is 3.33. The summed E-state index contributed by atoms with van der Waals surface area (Å²) in [6.45, 7) is 2.14. The average Bonchev–Trinajstić information content (AvgIpc) is 2.45. The molecule has 0 aromatic heterocycles. The summed E-state index contributed by atoms with van der Waals surface area (Å²) in [6, 6.07) is 15.2. The number of rotatable bonds is 5. The van der Waals surface area contributed by atoms with Crippen LogP contribution < -0.4 is 0 Å². The first-order chi connectivity index (χ1) is 9.22. The SMILES string of the molecule is CCSCc1ccc(-c2ccccc2C(=O)O)cc1. The zero-order chi connectivity index (χ0) is 13.7. The Labute approximate surface area is 117 Å². The van der Waals surface area contributed by atoms with Gasteiger partial charge in [-0.2, -0.15) is 11.8 Å². The zero-order valence-electron chi connectivity index (χ0n) is 10.8. The summed E-state index contributed by atoms with van der Waals surface area (Å²) in [4.78, 5) is 11.2. The number of carbonyl (C=O) groups is 1. The first-order valence-electron chi connectivity index (χ1n) is 6.21. The summed E-state index contributed by atoms with van der Waals surface area (Å²) in [7, 11) is 0. The van der Waals surface area contributed by atoms with Crippen molar-refractivity contribution >= 4 is 17.7 Å². The van der Waals surface area contributed by atoms with E-state index >= 15 is 0 Å². The lowest BCUT2D eigenvalue weighted by Gasteiger charge is -2.07. The Morgan fingerprint density at radius 3 is 2.42 bits per heavy atom. The van der Waals surface area contributed by atoms with Crippen LogP contribution in [0.1, 0.15) is 22.8 Å². The maximum Gasteiger partial charge on any atom is 0.336 e. The third kappa shape index (κ3) is 3.38. The molecule has 0 saturated heterocycles. The molecule has 1 N–H and O–H groups in total. The largest absolute Gasteiger partial charge is 0.478 e. The predicted octanol–water partition coefficient (Wildman–Crippen LogP) is 4.30. The fraction of sp³-hybridized carbons (Fsp3) is 0.188. The minimum atomic E-state index is -0.888. The summed E-state index contributed by atoms with van der Waals surface area (Å²) in [5.74, 6) is 1.21. The fourth-order valence-corrected chi connectivity index (χ4v) is 2.55. The van der Waals surface area contributed by atoms with E-state index in [0.29, 0.717) is 5.56 Å². The Balaban J connectivity index is 2.30.